The number of piperazine rings is 1. The van der Waals surface area contributed by atoms with Crippen molar-refractivity contribution in [2.45, 2.75) is 6.42 Å². The molecule has 2 aromatic carbocycles. The van der Waals surface area contributed by atoms with E-state index in [2.05, 4.69) is 37.3 Å². The van der Waals surface area contributed by atoms with Crippen LogP contribution < -0.4 is 4.90 Å². The molecule has 0 spiro atoms. The summed E-state index contributed by atoms with van der Waals surface area (Å²) >= 11 is 4.87. The summed E-state index contributed by atoms with van der Waals surface area (Å²) < 4.78 is 5.42. The number of nitrogens with zero attached hydrogens (tertiary/aromatic N) is 4. The van der Waals surface area contributed by atoms with E-state index >= 15 is 0 Å². The number of aromatic nitrogens is 2. The number of halogens is 1. The van der Waals surface area contributed by atoms with E-state index in [1.54, 1.807) is 0 Å². The first-order chi connectivity index (χ1) is 13.2. The van der Waals surface area contributed by atoms with Crippen LogP contribution in [0.4, 0.5) is 5.13 Å². The molecule has 1 aliphatic heterocycles. The minimum atomic E-state index is 0.0815. The lowest BCUT2D eigenvalue weighted by atomic mass is 10.1. The lowest BCUT2D eigenvalue weighted by Gasteiger charge is -2.34. The van der Waals surface area contributed by atoms with Gasteiger partial charge in [-0.15, -0.1) is 0 Å². The topological polar surface area (TPSA) is 49.3 Å². The second kappa shape index (κ2) is 8.19. The van der Waals surface area contributed by atoms with Crippen LogP contribution in [-0.2, 0) is 6.42 Å². The molecular weight excluding hydrogens is 424 g/mol. The Morgan fingerprint density at radius 3 is 2.56 bits per heavy atom. The van der Waals surface area contributed by atoms with Gasteiger partial charge in [0.25, 0.3) is 5.91 Å². The van der Waals surface area contributed by atoms with Gasteiger partial charge in [-0.25, -0.2) is 4.98 Å². The minimum Gasteiger partial charge on any atom is -0.343 e. The fourth-order valence-corrected chi connectivity index (χ4v) is 4.26. The zero-order valence-electron chi connectivity index (χ0n) is 14.7. The van der Waals surface area contributed by atoms with Crippen LogP contribution in [0.3, 0.4) is 0 Å². The third-order valence-corrected chi connectivity index (χ3v) is 5.88. The maximum Gasteiger partial charge on any atom is 0.254 e. The average molecular weight is 443 g/mol. The minimum absolute atomic E-state index is 0.0815. The van der Waals surface area contributed by atoms with E-state index < -0.39 is 0 Å². The van der Waals surface area contributed by atoms with Crippen LogP contribution in [0.2, 0.25) is 0 Å². The van der Waals surface area contributed by atoms with Gasteiger partial charge in [0.1, 0.15) is 5.82 Å². The predicted octanol–water partition coefficient (Wildman–Crippen LogP) is 3.85. The number of carbonyl (C=O) groups excluding carboxylic acids is 1. The number of rotatable bonds is 4. The summed E-state index contributed by atoms with van der Waals surface area (Å²) in [5.74, 6) is 0.937. The van der Waals surface area contributed by atoms with E-state index in [0.29, 0.717) is 13.1 Å². The van der Waals surface area contributed by atoms with E-state index in [4.69, 9.17) is 4.98 Å². The van der Waals surface area contributed by atoms with Crippen molar-refractivity contribution in [3.05, 3.63) is 76.0 Å². The number of anilines is 1. The Morgan fingerprint density at radius 2 is 1.81 bits per heavy atom. The van der Waals surface area contributed by atoms with Crippen molar-refractivity contribution in [2.75, 3.05) is 31.1 Å². The maximum absolute atomic E-state index is 12.7. The van der Waals surface area contributed by atoms with Crippen molar-refractivity contribution >= 4 is 38.5 Å². The number of hydrogen-bond acceptors (Lipinski definition) is 5. The first-order valence-corrected chi connectivity index (χ1v) is 10.4. The molecular formula is C20H19BrN4OS. The summed E-state index contributed by atoms with van der Waals surface area (Å²) in [5.41, 5.74) is 1.94. The summed E-state index contributed by atoms with van der Waals surface area (Å²) in [7, 11) is 0. The Hall–Kier alpha value is -2.25. The standard InChI is InChI=1S/C20H19BrN4OS/c21-17-8-4-7-16(14-17)19(26)24-9-11-25(12-10-24)20-22-18(23-27-20)13-15-5-2-1-3-6-15/h1-8,14H,9-13H2. The molecule has 1 amide bonds. The molecule has 0 bridgehead atoms. The van der Waals surface area contributed by atoms with Gasteiger partial charge in [0, 0.05) is 54.2 Å². The van der Waals surface area contributed by atoms with Gasteiger partial charge in [-0.3, -0.25) is 4.79 Å². The number of carbonyl (C=O) groups is 1. The predicted molar refractivity (Wildman–Crippen MR) is 111 cm³/mol. The molecule has 3 aromatic rings. The molecule has 27 heavy (non-hydrogen) atoms. The van der Waals surface area contributed by atoms with E-state index in [0.717, 1.165) is 40.5 Å². The summed E-state index contributed by atoms with van der Waals surface area (Å²) in [4.78, 5) is 21.5. The molecule has 0 saturated carbocycles. The molecule has 1 aromatic heterocycles. The molecule has 1 saturated heterocycles. The molecule has 0 unspecified atom stereocenters. The van der Waals surface area contributed by atoms with Crippen molar-refractivity contribution in [3.8, 4) is 0 Å². The lowest BCUT2D eigenvalue weighted by Crippen LogP contribution is -2.48. The van der Waals surface area contributed by atoms with Crippen molar-refractivity contribution in [3.63, 3.8) is 0 Å². The Bertz CT molecular complexity index is 922. The highest BCUT2D eigenvalue weighted by molar-refractivity contribution is 9.10. The summed E-state index contributed by atoms with van der Waals surface area (Å²) in [6, 6.07) is 17.8. The highest BCUT2D eigenvalue weighted by Gasteiger charge is 2.24. The third-order valence-electron chi connectivity index (χ3n) is 4.57. The molecule has 0 radical (unpaired) electrons. The molecule has 4 rings (SSSR count). The number of hydrogen-bond donors (Lipinski definition) is 0. The van der Waals surface area contributed by atoms with Crippen LogP contribution in [-0.4, -0.2) is 46.3 Å². The Labute approximate surface area is 170 Å². The first kappa shape index (κ1) is 18.1. The van der Waals surface area contributed by atoms with E-state index in [1.807, 2.05) is 47.4 Å². The molecule has 7 heteroatoms. The summed E-state index contributed by atoms with van der Waals surface area (Å²) in [6.07, 6.45) is 0.749. The lowest BCUT2D eigenvalue weighted by molar-refractivity contribution is 0.0746. The Kier molecular flexibility index (Phi) is 5.50. The van der Waals surface area contributed by atoms with Crippen LogP contribution in [0.1, 0.15) is 21.7 Å². The zero-order chi connectivity index (χ0) is 18.6. The van der Waals surface area contributed by atoms with Crippen LogP contribution in [0.5, 0.6) is 0 Å². The summed E-state index contributed by atoms with van der Waals surface area (Å²) in [5, 5.41) is 0.940. The fourth-order valence-electron chi connectivity index (χ4n) is 3.13. The highest BCUT2D eigenvalue weighted by Crippen LogP contribution is 2.21. The van der Waals surface area contributed by atoms with E-state index in [9.17, 15) is 4.79 Å². The van der Waals surface area contributed by atoms with Crippen LogP contribution >= 0.6 is 27.5 Å². The quantitative estimate of drug-likeness (QED) is 0.615. The molecule has 2 heterocycles. The summed E-state index contributed by atoms with van der Waals surface area (Å²) in [6.45, 7) is 2.94. The SMILES string of the molecule is O=C(c1cccc(Br)c1)N1CCN(c2nc(Cc3ccccc3)ns2)CC1. The highest BCUT2D eigenvalue weighted by atomic mass is 79.9. The van der Waals surface area contributed by atoms with Gasteiger partial charge in [0.2, 0.25) is 5.13 Å². The van der Waals surface area contributed by atoms with Gasteiger partial charge < -0.3 is 9.80 Å². The van der Waals surface area contributed by atoms with Crippen molar-refractivity contribution < 1.29 is 4.79 Å². The van der Waals surface area contributed by atoms with Crippen molar-refractivity contribution in [1.29, 1.82) is 0 Å². The zero-order valence-corrected chi connectivity index (χ0v) is 17.1. The van der Waals surface area contributed by atoms with Crippen LogP contribution in [0.15, 0.2) is 59.1 Å². The second-order valence-electron chi connectivity index (χ2n) is 6.45. The molecule has 0 atom stereocenters. The van der Waals surface area contributed by atoms with Gasteiger partial charge >= 0.3 is 0 Å². The van der Waals surface area contributed by atoms with Crippen molar-refractivity contribution in [1.82, 2.24) is 14.3 Å². The smallest absolute Gasteiger partial charge is 0.254 e. The second-order valence-corrected chi connectivity index (χ2v) is 8.09. The first-order valence-electron chi connectivity index (χ1n) is 8.85. The van der Waals surface area contributed by atoms with Gasteiger partial charge in [0.15, 0.2) is 0 Å². The average Bonchev–Trinajstić information content (AvgIpc) is 3.17. The molecule has 0 aliphatic carbocycles. The van der Waals surface area contributed by atoms with Gasteiger partial charge in [-0.2, -0.15) is 4.37 Å². The molecule has 138 valence electrons. The fraction of sp³-hybridized carbons (Fsp3) is 0.250. The Morgan fingerprint density at radius 1 is 1.04 bits per heavy atom. The van der Waals surface area contributed by atoms with E-state index in [1.165, 1.54) is 17.1 Å². The number of amides is 1. The molecule has 1 fully saturated rings. The molecule has 0 N–H and O–H groups in total. The Balaban J connectivity index is 1.36. The third kappa shape index (κ3) is 4.36. The maximum atomic E-state index is 12.7. The van der Waals surface area contributed by atoms with Gasteiger partial charge in [0.05, 0.1) is 0 Å². The van der Waals surface area contributed by atoms with Gasteiger partial charge in [-0.05, 0) is 23.8 Å². The number of benzene rings is 2. The molecule has 5 nitrogen and oxygen atoms in total. The van der Waals surface area contributed by atoms with Gasteiger partial charge in [-0.1, -0.05) is 52.3 Å². The van der Waals surface area contributed by atoms with Crippen LogP contribution in [0, 0.1) is 0 Å². The molecule has 1 aliphatic rings. The van der Waals surface area contributed by atoms with Crippen LogP contribution in [0.25, 0.3) is 0 Å². The monoisotopic (exact) mass is 442 g/mol. The van der Waals surface area contributed by atoms with E-state index in [-0.39, 0.29) is 5.91 Å². The normalized spacial score (nSPS) is 14.4. The largest absolute Gasteiger partial charge is 0.343 e. The van der Waals surface area contributed by atoms with Crippen molar-refractivity contribution in [2.24, 2.45) is 0 Å².